The van der Waals surface area contributed by atoms with Crippen LogP contribution in [0.4, 0.5) is 10.2 Å². The number of benzene rings is 1. The third-order valence-corrected chi connectivity index (χ3v) is 6.70. The van der Waals surface area contributed by atoms with Crippen molar-refractivity contribution in [3.8, 4) is 0 Å². The van der Waals surface area contributed by atoms with Crippen molar-refractivity contribution in [3.63, 3.8) is 0 Å². The van der Waals surface area contributed by atoms with Crippen LogP contribution in [0.15, 0.2) is 24.5 Å². The van der Waals surface area contributed by atoms with Gasteiger partial charge in [-0.3, -0.25) is 9.80 Å². The van der Waals surface area contributed by atoms with Gasteiger partial charge in [0.05, 0.1) is 5.52 Å². The lowest BCUT2D eigenvalue weighted by atomic mass is 9.93. The molecule has 2 aliphatic heterocycles. The van der Waals surface area contributed by atoms with E-state index in [-0.39, 0.29) is 5.82 Å². The lowest BCUT2D eigenvalue weighted by Crippen LogP contribution is -2.64. The van der Waals surface area contributed by atoms with Gasteiger partial charge in [0.2, 0.25) is 0 Å². The average Bonchev–Trinajstić information content (AvgIpc) is 2.68. The van der Waals surface area contributed by atoms with Crippen LogP contribution in [-0.2, 0) is 0 Å². The molecule has 0 bridgehead atoms. The first kappa shape index (κ1) is 17.3. The highest BCUT2D eigenvalue weighted by molar-refractivity contribution is 5.89. The lowest BCUT2D eigenvalue weighted by molar-refractivity contribution is 0.0487. The molecule has 2 saturated heterocycles. The van der Waals surface area contributed by atoms with E-state index in [2.05, 4.69) is 24.7 Å². The summed E-state index contributed by atoms with van der Waals surface area (Å²) in [5.74, 6) is 0.696. The highest BCUT2D eigenvalue weighted by Gasteiger charge is 2.36. The molecule has 2 aromatic rings. The highest BCUT2D eigenvalue weighted by atomic mass is 19.1. The van der Waals surface area contributed by atoms with Crippen molar-refractivity contribution in [3.05, 3.63) is 30.3 Å². The van der Waals surface area contributed by atoms with E-state index in [9.17, 15) is 4.39 Å². The number of hydrogen-bond acceptors (Lipinski definition) is 5. The topological polar surface area (TPSA) is 35.5 Å². The average molecular weight is 369 g/mol. The first-order chi connectivity index (χ1) is 13.3. The highest BCUT2D eigenvalue weighted by Crippen LogP contribution is 2.30. The minimum Gasteiger partial charge on any atom is -0.353 e. The lowest BCUT2D eigenvalue weighted by Gasteiger charge is -2.50. The molecule has 6 heteroatoms. The van der Waals surface area contributed by atoms with Gasteiger partial charge in [-0.25, -0.2) is 14.4 Å². The molecule has 0 atom stereocenters. The molecule has 1 saturated carbocycles. The van der Waals surface area contributed by atoms with E-state index in [1.54, 1.807) is 12.4 Å². The van der Waals surface area contributed by atoms with Gasteiger partial charge in [-0.05, 0) is 25.0 Å². The van der Waals surface area contributed by atoms with Crippen molar-refractivity contribution in [1.29, 1.82) is 0 Å². The first-order valence-electron chi connectivity index (χ1n) is 10.4. The Morgan fingerprint density at radius 3 is 2.30 bits per heavy atom. The molecular weight excluding hydrogens is 341 g/mol. The van der Waals surface area contributed by atoms with Crippen LogP contribution in [0.1, 0.15) is 32.1 Å². The van der Waals surface area contributed by atoms with Gasteiger partial charge < -0.3 is 4.90 Å². The summed E-state index contributed by atoms with van der Waals surface area (Å²) in [6.45, 7) is 6.82. The fraction of sp³-hybridized carbons (Fsp3) is 0.619. The van der Waals surface area contributed by atoms with Gasteiger partial charge >= 0.3 is 0 Å². The van der Waals surface area contributed by atoms with Gasteiger partial charge in [-0.15, -0.1) is 0 Å². The summed E-state index contributed by atoms with van der Waals surface area (Å²) in [5.41, 5.74) is 0.685. The summed E-state index contributed by atoms with van der Waals surface area (Å²) in [7, 11) is 0. The van der Waals surface area contributed by atoms with Crippen molar-refractivity contribution in [2.75, 3.05) is 44.2 Å². The van der Waals surface area contributed by atoms with Gasteiger partial charge in [0.15, 0.2) is 0 Å². The molecule has 0 spiro atoms. The summed E-state index contributed by atoms with van der Waals surface area (Å²) in [4.78, 5) is 16.4. The molecule has 1 aromatic heterocycles. The maximum atomic E-state index is 13.5. The van der Waals surface area contributed by atoms with E-state index < -0.39 is 0 Å². The van der Waals surface area contributed by atoms with E-state index in [0.29, 0.717) is 11.6 Å². The number of rotatable bonds is 3. The fourth-order valence-corrected chi connectivity index (χ4v) is 5.04. The molecule has 0 unspecified atom stereocenters. The molecule has 0 N–H and O–H groups in total. The number of piperazine rings is 1. The van der Waals surface area contributed by atoms with Crippen molar-refractivity contribution >= 4 is 16.7 Å². The number of hydrogen-bond donors (Lipinski definition) is 0. The number of nitrogens with zero attached hydrogens (tertiary/aromatic N) is 5. The first-order valence-corrected chi connectivity index (χ1v) is 10.4. The Bertz CT molecular complexity index is 792. The maximum absolute atomic E-state index is 13.5. The summed E-state index contributed by atoms with van der Waals surface area (Å²) >= 11 is 0. The third kappa shape index (κ3) is 3.41. The molecule has 1 aromatic carbocycles. The molecule has 144 valence electrons. The minimum atomic E-state index is -0.246. The molecule has 3 aliphatic rings. The Hall–Kier alpha value is -1.79. The zero-order valence-electron chi connectivity index (χ0n) is 15.9. The summed E-state index contributed by atoms with van der Waals surface area (Å²) < 4.78 is 13.5. The predicted octanol–water partition coefficient (Wildman–Crippen LogP) is 2.91. The van der Waals surface area contributed by atoms with E-state index >= 15 is 0 Å². The number of anilines is 1. The van der Waals surface area contributed by atoms with Gasteiger partial charge in [0.25, 0.3) is 0 Å². The van der Waals surface area contributed by atoms with Crippen LogP contribution in [0, 0.1) is 5.82 Å². The van der Waals surface area contributed by atoms with Gasteiger partial charge in [0, 0.05) is 62.8 Å². The van der Waals surface area contributed by atoms with E-state index in [0.717, 1.165) is 30.3 Å². The number of halogens is 1. The molecular formula is C21H28FN5. The zero-order valence-corrected chi connectivity index (χ0v) is 15.9. The standard InChI is InChI=1S/C21H28FN5/c22-16-6-7-19-20(12-16)23-15-24-21(19)27-13-18(14-27)26-10-8-25(9-11-26)17-4-2-1-3-5-17/h6-7,12,15,17-18H,1-5,8-11,13-14H2. The monoisotopic (exact) mass is 369 g/mol. The van der Waals surface area contributed by atoms with Crippen LogP contribution in [0.5, 0.6) is 0 Å². The Kier molecular flexibility index (Phi) is 4.70. The van der Waals surface area contributed by atoms with E-state index in [4.69, 9.17) is 0 Å². The normalized spacial score (nSPS) is 23.7. The van der Waals surface area contributed by atoms with Crippen LogP contribution >= 0.6 is 0 Å². The zero-order chi connectivity index (χ0) is 18.2. The van der Waals surface area contributed by atoms with Crippen LogP contribution in [0.25, 0.3) is 10.9 Å². The van der Waals surface area contributed by atoms with Crippen LogP contribution in [0.2, 0.25) is 0 Å². The quantitative estimate of drug-likeness (QED) is 0.831. The van der Waals surface area contributed by atoms with Crippen molar-refractivity contribution in [2.45, 2.75) is 44.2 Å². The second-order valence-electron chi connectivity index (χ2n) is 8.28. The summed E-state index contributed by atoms with van der Waals surface area (Å²) in [6, 6.07) is 6.24. The molecule has 3 fully saturated rings. The Balaban J connectivity index is 1.18. The maximum Gasteiger partial charge on any atom is 0.139 e. The van der Waals surface area contributed by atoms with Crippen LogP contribution in [0.3, 0.4) is 0 Å². The molecule has 5 nitrogen and oxygen atoms in total. The SMILES string of the molecule is Fc1ccc2c(N3CC(N4CCN(C5CCCCC5)CC4)C3)ncnc2c1. The van der Waals surface area contributed by atoms with Gasteiger partial charge in [-0.2, -0.15) is 0 Å². The molecule has 1 aliphatic carbocycles. The van der Waals surface area contributed by atoms with Crippen LogP contribution < -0.4 is 4.90 Å². The summed E-state index contributed by atoms with van der Waals surface area (Å²) in [5, 5.41) is 0.944. The molecule has 3 heterocycles. The number of fused-ring (bicyclic) bond motifs is 1. The summed E-state index contributed by atoms with van der Waals surface area (Å²) in [6.07, 6.45) is 8.61. The van der Waals surface area contributed by atoms with Crippen molar-refractivity contribution in [2.24, 2.45) is 0 Å². The predicted molar refractivity (Wildman–Crippen MR) is 106 cm³/mol. The van der Waals surface area contributed by atoms with Gasteiger partial charge in [0.1, 0.15) is 18.0 Å². The second kappa shape index (κ2) is 7.32. The molecule has 5 rings (SSSR count). The van der Waals surface area contributed by atoms with E-state index in [1.807, 2.05) is 0 Å². The third-order valence-electron chi connectivity index (χ3n) is 6.70. The Morgan fingerprint density at radius 2 is 1.56 bits per heavy atom. The Morgan fingerprint density at radius 1 is 0.852 bits per heavy atom. The molecule has 0 amide bonds. The van der Waals surface area contributed by atoms with Crippen molar-refractivity contribution < 1.29 is 4.39 Å². The largest absolute Gasteiger partial charge is 0.353 e. The van der Waals surface area contributed by atoms with Crippen LogP contribution in [-0.4, -0.2) is 71.1 Å². The van der Waals surface area contributed by atoms with Gasteiger partial charge in [-0.1, -0.05) is 19.3 Å². The Labute approximate surface area is 160 Å². The minimum absolute atomic E-state index is 0.246. The molecule has 27 heavy (non-hydrogen) atoms. The van der Waals surface area contributed by atoms with Crippen molar-refractivity contribution in [1.82, 2.24) is 19.8 Å². The van der Waals surface area contributed by atoms with E-state index in [1.165, 1.54) is 70.4 Å². The fourth-order valence-electron chi connectivity index (χ4n) is 5.04. The second-order valence-corrected chi connectivity index (χ2v) is 8.28. The number of aromatic nitrogens is 2. The molecule has 0 radical (unpaired) electrons. The smallest absolute Gasteiger partial charge is 0.139 e.